The molecule has 0 unspecified atom stereocenters. The fourth-order valence-corrected chi connectivity index (χ4v) is 1.41. The first-order chi connectivity index (χ1) is 6.86. The third-order valence-corrected chi connectivity index (χ3v) is 2.20. The van der Waals surface area contributed by atoms with E-state index < -0.39 is 0 Å². The number of nitrogen functional groups attached to an aromatic ring is 1. The summed E-state index contributed by atoms with van der Waals surface area (Å²) >= 11 is 0. The predicted octanol–water partition coefficient (Wildman–Crippen LogP) is 1.71. The fourth-order valence-electron chi connectivity index (χ4n) is 1.41. The van der Waals surface area contributed by atoms with Crippen molar-refractivity contribution in [2.45, 2.75) is 13.0 Å². The van der Waals surface area contributed by atoms with Crippen LogP contribution in [0.25, 0.3) is 0 Å². The van der Waals surface area contributed by atoms with Crippen LogP contribution < -0.4 is 5.73 Å². The lowest BCUT2D eigenvalue weighted by atomic mass is 10.1. The first kappa shape index (κ1) is 8.81. The molecule has 2 rings (SSSR count). The second kappa shape index (κ2) is 3.96. The lowest BCUT2D eigenvalue weighted by molar-refractivity contribution is 0.623. The highest BCUT2D eigenvalue weighted by molar-refractivity contribution is 5.26. The van der Waals surface area contributed by atoms with E-state index in [1.54, 1.807) is 6.20 Å². The molecule has 0 fully saturated rings. The molecule has 0 radical (unpaired) electrons. The van der Waals surface area contributed by atoms with Gasteiger partial charge in [0.1, 0.15) is 5.82 Å². The van der Waals surface area contributed by atoms with E-state index in [1.165, 1.54) is 5.56 Å². The third kappa shape index (κ3) is 1.93. The Hall–Kier alpha value is -1.77. The van der Waals surface area contributed by atoms with Gasteiger partial charge in [0, 0.05) is 6.54 Å². The summed E-state index contributed by atoms with van der Waals surface area (Å²) in [4.78, 5) is 0. The number of rotatable bonds is 3. The van der Waals surface area contributed by atoms with Gasteiger partial charge >= 0.3 is 0 Å². The second-order valence-electron chi connectivity index (χ2n) is 3.21. The Morgan fingerprint density at radius 1 is 1.14 bits per heavy atom. The highest BCUT2D eigenvalue weighted by Gasteiger charge is 1.97. The van der Waals surface area contributed by atoms with E-state index >= 15 is 0 Å². The minimum Gasteiger partial charge on any atom is -0.384 e. The van der Waals surface area contributed by atoms with Gasteiger partial charge in [-0.05, 0) is 18.1 Å². The van der Waals surface area contributed by atoms with E-state index in [9.17, 15) is 0 Å². The molecule has 1 aromatic heterocycles. The summed E-state index contributed by atoms with van der Waals surface area (Å²) in [7, 11) is 0. The molecule has 2 aromatic rings. The van der Waals surface area contributed by atoms with Crippen LogP contribution in [0.1, 0.15) is 5.56 Å². The van der Waals surface area contributed by atoms with Crippen molar-refractivity contribution in [2.24, 2.45) is 0 Å². The molecule has 2 N–H and O–H groups in total. The summed E-state index contributed by atoms with van der Waals surface area (Å²) in [5.74, 6) is 0.723. The first-order valence-electron chi connectivity index (χ1n) is 4.67. The molecular formula is C11H13N3. The summed E-state index contributed by atoms with van der Waals surface area (Å²) in [5.41, 5.74) is 7.01. The predicted molar refractivity (Wildman–Crippen MR) is 56.8 cm³/mol. The van der Waals surface area contributed by atoms with Crippen LogP contribution in [0.4, 0.5) is 5.82 Å². The van der Waals surface area contributed by atoms with Crippen molar-refractivity contribution < 1.29 is 0 Å². The molecule has 72 valence electrons. The number of benzene rings is 1. The van der Waals surface area contributed by atoms with E-state index in [1.807, 2.05) is 28.9 Å². The summed E-state index contributed by atoms with van der Waals surface area (Å²) in [6.07, 6.45) is 2.69. The maximum Gasteiger partial charge on any atom is 0.121 e. The van der Waals surface area contributed by atoms with Crippen molar-refractivity contribution >= 4 is 5.82 Å². The number of nitrogens with two attached hydrogens (primary N) is 1. The summed E-state index contributed by atoms with van der Waals surface area (Å²) < 4.78 is 1.81. The maximum absolute atomic E-state index is 5.71. The molecule has 0 saturated carbocycles. The number of nitrogens with zero attached hydrogens (tertiary/aromatic N) is 2. The topological polar surface area (TPSA) is 43.8 Å². The zero-order valence-electron chi connectivity index (χ0n) is 7.93. The highest BCUT2D eigenvalue weighted by atomic mass is 15.3. The van der Waals surface area contributed by atoms with Crippen LogP contribution in [0.3, 0.4) is 0 Å². The number of hydrogen-bond donors (Lipinski definition) is 1. The van der Waals surface area contributed by atoms with Crippen LogP contribution in [0, 0.1) is 0 Å². The molecule has 3 heteroatoms. The van der Waals surface area contributed by atoms with Gasteiger partial charge in [0.15, 0.2) is 0 Å². The van der Waals surface area contributed by atoms with Crippen LogP contribution >= 0.6 is 0 Å². The van der Waals surface area contributed by atoms with Crippen molar-refractivity contribution in [3.05, 3.63) is 48.2 Å². The molecule has 0 saturated heterocycles. The van der Waals surface area contributed by atoms with Gasteiger partial charge in [-0.15, -0.1) is 0 Å². The van der Waals surface area contributed by atoms with Crippen LogP contribution in [-0.4, -0.2) is 9.78 Å². The molecule has 14 heavy (non-hydrogen) atoms. The van der Waals surface area contributed by atoms with Crippen molar-refractivity contribution in [1.29, 1.82) is 0 Å². The van der Waals surface area contributed by atoms with Gasteiger partial charge < -0.3 is 5.73 Å². The Bertz CT molecular complexity index is 392. The van der Waals surface area contributed by atoms with Crippen LogP contribution in [0.5, 0.6) is 0 Å². The molecule has 1 aromatic carbocycles. The Morgan fingerprint density at radius 2 is 1.93 bits per heavy atom. The zero-order chi connectivity index (χ0) is 9.80. The molecule has 1 heterocycles. The number of aromatic nitrogens is 2. The summed E-state index contributed by atoms with van der Waals surface area (Å²) in [6.45, 7) is 0.836. The molecule has 0 aliphatic heterocycles. The van der Waals surface area contributed by atoms with Crippen molar-refractivity contribution in [3.8, 4) is 0 Å². The monoisotopic (exact) mass is 187 g/mol. The van der Waals surface area contributed by atoms with E-state index in [4.69, 9.17) is 5.73 Å². The normalized spacial score (nSPS) is 10.3. The quantitative estimate of drug-likeness (QED) is 0.795. The molecule has 0 atom stereocenters. The SMILES string of the molecule is Nc1ccnn1CCc1ccccc1. The van der Waals surface area contributed by atoms with Gasteiger partial charge in [0.2, 0.25) is 0 Å². The summed E-state index contributed by atoms with van der Waals surface area (Å²) in [5, 5.41) is 4.12. The Balaban J connectivity index is 1.99. The van der Waals surface area contributed by atoms with Gasteiger partial charge in [-0.1, -0.05) is 30.3 Å². The van der Waals surface area contributed by atoms with Gasteiger partial charge in [-0.3, -0.25) is 0 Å². The van der Waals surface area contributed by atoms with E-state index in [-0.39, 0.29) is 0 Å². The van der Waals surface area contributed by atoms with Crippen LogP contribution in [-0.2, 0) is 13.0 Å². The zero-order valence-corrected chi connectivity index (χ0v) is 7.93. The average molecular weight is 187 g/mol. The van der Waals surface area contributed by atoms with E-state index in [0.29, 0.717) is 0 Å². The van der Waals surface area contributed by atoms with Gasteiger partial charge in [0.05, 0.1) is 6.20 Å². The smallest absolute Gasteiger partial charge is 0.121 e. The molecule has 0 aliphatic carbocycles. The van der Waals surface area contributed by atoms with Crippen molar-refractivity contribution in [2.75, 3.05) is 5.73 Å². The van der Waals surface area contributed by atoms with Gasteiger partial charge in [-0.25, -0.2) is 4.68 Å². The van der Waals surface area contributed by atoms with E-state index in [2.05, 4.69) is 17.2 Å². The van der Waals surface area contributed by atoms with Crippen LogP contribution in [0.15, 0.2) is 42.6 Å². The van der Waals surface area contributed by atoms with Gasteiger partial charge in [0.25, 0.3) is 0 Å². The second-order valence-corrected chi connectivity index (χ2v) is 3.21. The molecule has 3 nitrogen and oxygen atoms in total. The standard InChI is InChI=1S/C11H13N3/c12-11-6-8-13-14(11)9-7-10-4-2-1-3-5-10/h1-6,8H,7,9,12H2. The first-order valence-corrected chi connectivity index (χ1v) is 4.67. The number of hydrogen-bond acceptors (Lipinski definition) is 2. The molecular weight excluding hydrogens is 174 g/mol. The summed E-state index contributed by atoms with van der Waals surface area (Å²) in [6, 6.07) is 12.1. The molecule has 0 aliphatic rings. The minimum atomic E-state index is 0.723. The largest absolute Gasteiger partial charge is 0.384 e. The minimum absolute atomic E-state index is 0.723. The van der Waals surface area contributed by atoms with E-state index in [0.717, 1.165) is 18.8 Å². The lowest BCUT2D eigenvalue weighted by Crippen LogP contribution is -2.06. The Labute approximate surface area is 83.2 Å². The fraction of sp³-hybridized carbons (Fsp3) is 0.182. The lowest BCUT2D eigenvalue weighted by Gasteiger charge is -2.03. The van der Waals surface area contributed by atoms with Gasteiger partial charge in [-0.2, -0.15) is 5.10 Å². The maximum atomic E-state index is 5.71. The average Bonchev–Trinajstić information content (AvgIpc) is 2.63. The number of aryl methyl sites for hydroxylation is 2. The molecule has 0 spiro atoms. The molecule has 0 bridgehead atoms. The Morgan fingerprint density at radius 3 is 2.57 bits per heavy atom. The highest BCUT2D eigenvalue weighted by Crippen LogP contribution is 2.04. The number of anilines is 1. The van der Waals surface area contributed by atoms with Crippen LogP contribution in [0.2, 0.25) is 0 Å². The Kier molecular flexibility index (Phi) is 2.49. The van der Waals surface area contributed by atoms with Crippen molar-refractivity contribution in [3.63, 3.8) is 0 Å². The molecule has 0 amide bonds. The third-order valence-electron chi connectivity index (χ3n) is 2.20. The van der Waals surface area contributed by atoms with Crippen molar-refractivity contribution in [1.82, 2.24) is 9.78 Å².